The average Bonchev–Trinajstić information content (AvgIpc) is 3.26. The molecule has 0 aliphatic carbocycles. The van der Waals surface area contributed by atoms with Crippen molar-refractivity contribution in [2.24, 2.45) is 5.92 Å². The van der Waals surface area contributed by atoms with Crippen LogP contribution in [-0.2, 0) is 19.6 Å². The van der Waals surface area contributed by atoms with Gasteiger partial charge in [-0.3, -0.25) is 14.5 Å². The molecule has 1 N–H and O–H groups in total. The number of amides is 2. The van der Waals surface area contributed by atoms with Crippen molar-refractivity contribution in [2.45, 2.75) is 18.2 Å². The molecule has 2 aromatic rings. The van der Waals surface area contributed by atoms with Crippen LogP contribution in [0, 0.1) is 12.8 Å². The molecule has 35 heavy (non-hydrogen) atoms. The molecule has 0 saturated carbocycles. The van der Waals surface area contributed by atoms with E-state index >= 15 is 0 Å². The normalized spacial score (nSPS) is 19.7. The molecular formula is C25H32N4O5S. The molecule has 10 heteroatoms. The third-order valence-electron chi connectivity index (χ3n) is 6.60. The fourth-order valence-electron chi connectivity index (χ4n) is 4.43. The van der Waals surface area contributed by atoms with Crippen molar-refractivity contribution in [3.63, 3.8) is 0 Å². The number of anilines is 1. The van der Waals surface area contributed by atoms with E-state index in [0.717, 1.165) is 11.3 Å². The standard InChI is InChI=1S/C25H32N4O5S/c1-19-3-5-21(6-4-19)29-18-20(17-24(29)30)25(31)26-11-12-27-13-15-28(16-14-27)35(32,33)23-9-7-22(34-2)8-10-23/h3-10,20H,11-18H2,1-2H3,(H,26,31). The van der Waals surface area contributed by atoms with Gasteiger partial charge in [0.2, 0.25) is 21.8 Å². The summed E-state index contributed by atoms with van der Waals surface area (Å²) < 4.78 is 32.4. The van der Waals surface area contributed by atoms with Gasteiger partial charge in [-0.25, -0.2) is 8.42 Å². The van der Waals surface area contributed by atoms with Crippen LogP contribution in [0.4, 0.5) is 5.69 Å². The van der Waals surface area contributed by atoms with Crippen LogP contribution in [-0.4, -0.2) is 82.4 Å². The van der Waals surface area contributed by atoms with Crippen molar-refractivity contribution >= 4 is 27.5 Å². The highest BCUT2D eigenvalue weighted by Crippen LogP contribution is 2.25. The molecule has 2 fully saturated rings. The van der Waals surface area contributed by atoms with E-state index < -0.39 is 10.0 Å². The molecule has 2 heterocycles. The summed E-state index contributed by atoms with van der Waals surface area (Å²) in [5.41, 5.74) is 1.94. The zero-order chi connectivity index (χ0) is 25.0. The summed E-state index contributed by atoms with van der Waals surface area (Å²) in [6.45, 7) is 5.43. The molecule has 0 aromatic heterocycles. The number of carbonyl (C=O) groups is 2. The molecule has 2 aromatic carbocycles. The molecule has 0 spiro atoms. The number of rotatable bonds is 8. The molecule has 2 aliphatic rings. The number of benzene rings is 2. The van der Waals surface area contributed by atoms with Gasteiger partial charge in [0, 0.05) is 57.9 Å². The van der Waals surface area contributed by atoms with Gasteiger partial charge < -0.3 is 15.0 Å². The summed E-state index contributed by atoms with van der Waals surface area (Å²) >= 11 is 0. The van der Waals surface area contributed by atoms with E-state index in [1.54, 1.807) is 36.3 Å². The largest absolute Gasteiger partial charge is 0.497 e. The number of hydrogen-bond donors (Lipinski definition) is 1. The molecule has 1 unspecified atom stereocenters. The van der Waals surface area contributed by atoms with Gasteiger partial charge in [-0.05, 0) is 43.3 Å². The Morgan fingerprint density at radius 2 is 1.69 bits per heavy atom. The predicted molar refractivity (Wildman–Crippen MR) is 133 cm³/mol. The van der Waals surface area contributed by atoms with E-state index in [2.05, 4.69) is 10.2 Å². The van der Waals surface area contributed by atoms with Gasteiger partial charge >= 0.3 is 0 Å². The summed E-state index contributed by atoms with van der Waals surface area (Å²) in [6.07, 6.45) is 0.210. The predicted octanol–water partition coefficient (Wildman–Crippen LogP) is 1.48. The summed E-state index contributed by atoms with van der Waals surface area (Å²) in [4.78, 5) is 29.1. The third kappa shape index (κ3) is 5.83. The first kappa shape index (κ1) is 25.2. The molecule has 2 aliphatic heterocycles. The van der Waals surface area contributed by atoms with Crippen LogP contribution in [0.1, 0.15) is 12.0 Å². The fourth-order valence-corrected chi connectivity index (χ4v) is 5.85. The molecule has 2 saturated heterocycles. The topological polar surface area (TPSA) is 99.3 Å². The SMILES string of the molecule is COc1ccc(S(=O)(=O)N2CCN(CCNC(=O)C3CC(=O)N(c4ccc(C)cc4)C3)CC2)cc1. The highest BCUT2D eigenvalue weighted by atomic mass is 32.2. The summed E-state index contributed by atoms with van der Waals surface area (Å²) in [6, 6.07) is 14.1. The molecule has 2 amide bonds. The number of sulfonamides is 1. The minimum atomic E-state index is -3.55. The zero-order valence-corrected chi connectivity index (χ0v) is 21.0. The number of methoxy groups -OCH3 is 1. The Kier molecular flexibility index (Phi) is 7.73. The second kappa shape index (κ2) is 10.8. The van der Waals surface area contributed by atoms with Crippen molar-refractivity contribution in [3.8, 4) is 5.75 Å². The van der Waals surface area contributed by atoms with Crippen LogP contribution in [0.3, 0.4) is 0 Å². The first-order chi connectivity index (χ1) is 16.8. The lowest BCUT2D eigenvalue weighted by atomic mass is 10.1. The number of hydrogen-bond acceptors (Lipinski definition) is 6. The quantitative estimate of drug-likeness (QED) is 0.590. The number of ether oxygens (including phenoxy) is 1. The molecular weight excluding hydrogens is 468 g/mol. The summed E-state index contributed by atoms with van der Waals surface area (Å²) in [7, 11) is -2.01. The van der Waals surface area contributed by atoms with E-state index in [1.165, 1.54) is 4.31 Å². The summed E-state index contributed by atoms with van der Waals surface area (Å²) in [5.74, 6) is 0.0906. The van der Waals surface area contributed by atoms with Crippen LogP contribution in [0.2, 0.25) is 0 Å². The first-order valence-electron chi connectivity index (χ1n) is 11.8. The molecule has 0 radical (unpaired) electrons. The number of aryl methyl sites for hydroxylation is 1. The second-order valence-corrected chi connectivity index (χ2v) is 10.9. The molecule has 9 nitrogen and oxygen atoms in total. The van der Waals surface area contributed by atoms with Gasteiger partial charge in [-0.1, -0.05) is 17.7 Å². The highest BCUT2D eigenvalue weighted by Gasteiger charge is 2.35. The Morgan fingerprint density at radius 1 is 1.03 bits per heavy atom. The Balaban J connectivity index is 1.21. The molecule has 1 atom stereocenters. The second-order valence-electron chi connectivity index (χ2n) is 8.95. The Bertz CT molecular complexity index is 1140. The van der Waals surface area contributed by atoms with Crippen LogP contribution in [0.5, 0.6) is 5.75 Å². The van der Waals surface area contributed by atoms with Crippen LogP contribution >= 0.6 is 0 Å². The van der Waals surface area contributed by atoms with Gasteiger partial charge in [-0.2, -0.15) is 4.31 Å². The number of piperazine rings is 1. The minimum Gasteiger partial charge on any atom is -0.497 e. The number of carbonyl (C=O) groups excluding carboxylic acids is 2. The van der Waals surface area contributed by atoms with Crippen molar-refractivity contribution in [1.82, 2.24) is 14.5 Å². The van der Waals surface area contributed by atoms with Crippen molar-refractivity contribution < 1.29 is 22.7 Å². The zero-order valence-electron chi connectivity index (χ0n) is 20.1. The number of nitrogens with zero attached hydrogens (tertiary/aromatic N) is 3. The Labute approximate surface area is 206 Å². The maximum absolute atomic E-state index is 12.9. The number of nitrogens with one attached hydrogen (secondary N) is 1. The van der Waals surface area contributed by atoms with E-state index in [4.69, 9.17) is 4.74 Å². The van der Waals surface area contributed by atoms with E-state index in [-0.39, 0.29) is 29.0 Å². The van der Waals surface area contributed by atoms with Gasteiger partial charge in [-0.15, -0.1) is 0 Å². The van der Waals surface area contributed by atoms with Crippen LogP contribution in [0.15, 0.2) is 53.4 Å². The molecule has 4 rings (SSSR count). The van der Waals surface area contributed by atoms with E-state index in [1.807, 2.05) is 31.2 Å². The van der Waals surface area contributed by atoms with E-state index in [0.29, 0.717) is 51.6 Å². The first-order valence-corrected chi connectivity index (χ1v) is 13.2. The lowest BCUT2D eigenvalue weighted by Crippen LogP contribution is -2.50. The lowest BCUT2D eigenvalue weighted by molar-refractivity contribution is -0.126. The summed E-state index contributed by atoms with van der Waals surface area (Å²) in [5, 5.41) is 2.95. The average molecular weight is 501 g/mol. The molecule has 188 valence electrons. The smallest absolute Gasteiger partial charge is 0.243 e. The minimum absolute atomic E-state index is 0.0387. The fraction of sp³-hybridized carbons (Fsp3) is 0.440. The van der Waals surface area contributed by atoms with E-state index in [9.17, 15) is 18.0 Å². The monoisotopic (exact) mass is 500 g/mol. The van der Waals surface area contributed by atoms with Crippen molar-refractivity contribution in [2.75, 3.05) is 57.8 Å². The molecule has 0 bridgehead atoms. The van der Waals surface area contributed by atoms with Crippen LogP contribution < -0.4 is 15.0 Å². The van der Waals surface area contributed by atoms with Gasteiger partial charge in [0.15, 0.2) is 0 Å². The lowest BCUT2D eigenvalue weighted by Gasteiger charge is -2.34. The maximum atomic E-state index is 12.9. The maximum Gasteiger partial charge on any atom is 0.243 e. The Hall–Kier alpha value is -2.95. The Morgan fingerprint density at radius 3 is 2.31 bits per heavy atom. The van der Waals surface area contributed by atoms with Gasteiger partial charge in [0.25, 0.3) is 0 Å². The van der Waals surface area contributed by atoms with Crippen molar-refractivity contribution in [3.05, 3.63) is 54.1 Å². The van der Waals surface area contributed by atoms with Crippen LogP contribution in [0.25, 0.3) is 0 Å². The van der Waals surface area contributed by atoms with Gasteiger partial charge in [0.05, 0.1) is 17.9 Å². The third-order valence-corrected chi connectivity index (χ3v) is 8.51. The van der Waals surface area contributed by atoms with Gasteiger partial charge in [0.1, 0.15) is 5.75 Å². The highest BCUT2D eigenvalue weighted by molar-refractivity contribution is 7.89. The van der Waals surface area contributed by atoms with Crippen molar-refractivity contribution in [1.29, 1.82) is 0 Å².